The molecule has 30 heavy (non-hydrogen) atoms. The average molecular weight is 413 g/mol. The minimum atomic E-state index is 0.760. The van der Waals surface area contributed by atoms with Gasteiger partial charge in [0, 0.05) is 13.1 Å². The number of benzene rings is 1. The molecule has 0 radical (unpaired) electrons. The molecule has 1 aromatic heterocycles. The number of aromatic nitrogens is 2. The summed E-state index contributed by atoms with van der Waals surface area (Å²) in [6, 6.07) is 6.89. The van der Waals surface area contributed by atoms with Gasteiger partial charge in [-0.3, -0.25) is 4.90 Å². The molecule has 0 atom stereocenters. The predicted molar refractivity (Wildman–Crippen MR) is 129 cm³/mol. The number of nitrogens with zero attached hydrogens (tertiary/aromatic N) is 4. The van der Waals surface area contributed by atoms with Gasteiger partial charge in [-0.15, -0.1) is 0 Å². The van der Waals surface area contributed by atoms with Gasteiger partial charge >= 0.3 is 0 Å². The van der Waals surface area contributed by atoms with Crippen LogP contribution in [0.1, 0.15) is 71.8 Å². The van der Waals surface area contributed by atoms with Gasteiger partial charge < -0.3 is 9.47 Å². The summed E-state index contributed by atoms with van der Waals surface area (Å²) in [5.41, 5.74) is 3.86. The van der Waals surface area contributed by atoms with Crippen LogP contribution < -0.4 is 0 Å². The zero-order valence-corrected chi connectivity index (χ0v) is 19.9. The van der Waals surface area contributed by atoms with Gasteiger partial charge in [-0.2, -0.15) is 0 Å². The quantitative estimate of drug-likeness (QED) is 0.440. The number of piperidine rings is 1. The number of likely N-dealkylation sites (tertiary alicyclic amines) is 1. The average Bonchev–Trinajstić information content (AvgIpc) is 3.13. The first-order valence-corrected chi connectivity index (χ1v) is 12.4. The summed E-state index contributed by atoms with van der Waals surface area (Å²) < 4.78 is 2.37. The van der Waals surface area contributed by atoms with E-state index in [2.05, 4.69) is 65.2 Å². The van der Waals surface area contributed by atoms with E-state index in [1.807, 2.05) is 6.33 Å². The molecule has 4 heteroatoms. The van der Waals surface area contributed by atoms with Crippen molar-refractivity contribution in [1.82, 2.24) is 19.4 Å². The molecule has 2 aromatic rings. The van der Waals surface area contributed by atoms with Crippen LogP contribution in [0.25, 0.3) is 11.0 Å². The SMILES string of the molecule is CC(C)CCN(CCC(C)C)Cc1ccc2ncn(CCCN3CCCCC3)c2c1. The van der Waals surface area contributed by atoms with Crippen molar-refractivity contribution in [1.29, 1.82) is 0 Å². The number of imidazole rings is 1. The molecule has 1 aliphatic rings. The summed E-state index contributed by atoms with van der Waals surface area (Å²) >= 11 is 0. The van der Waals surface area contributed by atoms with Crippen molar-refractivity contribution in [3.63, 3.8) is 0 Å². The Labute approximate surface area is 184 Å². The van der Waals surface area contributed by atoms with Crippen LogP contribution in [0.2, 0.25) is 0 Å². The second-order valence-electron chi connectivity index (χ2n) is 10.2. The molecule has 0 aliphatic carbocycles. The fourth-order valence-electron chi connectivity index (χ4n) is 4.44. The van der Waals surface area contributed by atoms with Gasteiger partial charge in [0.05, 0.1) is 17.4 Å². The minimum absolute atomic E-state index is 0.760. The van der Waals surface area contributed by atoms with E-state index in [0.29, 0.717) is 0 Å². The van der Waals surface area contributed by atoms with Gasteiger partial charge in [0.2, 0.25) is 0 Å². The summed E-state index contributed by atoms with van der Waals surface area (Å²) in [6.07, 6.45) is 9.97. The smallest absolute Gasteiger partial charge is 0.0958 e. The molecule has 0 bridgehead atoms. The van der Waals surface area contributed by atoms with Crippen molar-refractivity contribution in [3.05, 3.63) is 30.1 Å². The Kier molecular flexibility index (Phi) is 9.20. The van der Waals surface area contributed by atoms with Crippen LogP contribution in [0.4, 0.5) is 0 Å². The van der Waals surface area contributed by atoms with Gasteiger partial charge in [0.25, 0.3) is 0 Å². The molecule has 4 nitrogen and oxygen atoms in total. The van der Waals surface area contributed by atoms with Crippen LogP contribution >= 0.6 is 0 Å². The first kappa shape index (κ1) is 23.3. The standard InChI is InChI=1S/C26H44N4/c1-22(2)11-17-29(18-12-23(3)4)20-24-9-10-25-26(19-24)30(21-27-25)16-8-15-28-13-6-5-7-14-28/h9-10,19,21-23H,5-8,11-18,20H2,1-4H3. The molecule has 168 valence electrons. The molecule has 2 heterocycles. The van der Waals surface area contributed by atoms with Crippen molar-refractivity contribution in [3.8, 4) is 0 Å². The highest BCUT2D eigenvalue weighted by Gasteiger charge is 2.12. The first-order valence-electron chi connectivity index (χ1n) is 12.4. The summed E-state index contributed by atoms with van der Waals surface area (Å²) in [5, 5.41) is 0. The molecule has 0 N–H and O–H groups in total. The molecule has 0 spiro atoms. The summed E-state index contributed by atoms with van der Waals surface area (Å²) in [6.45, 7) is 17.6. The fraction of sp³-hybridized carbons (Fsp3) is 0.731. The lowest BCUT2D eigenvalue weighted by Crippen LogP contribution is -2.31. The third kappa shape index (κ3) is 7.39. The number of hydrogen-bond donors (Lipinski definition) is 0. The Hall–Kier alpha value is -1.39. The molecule has 0 saturated carbocycles. The Balaban J connectivity index is 1.61. The van der Waals surface area contributed by atoms with E-state index in [0.717, 1.165) is 30.4 Å². The van der Waals surface area contributed by atoms with Crippen molar-refractivity contribution in [2.24, 2.45) is 11.8 Å². The lowest BCUT2D eigenvalue weighted by molar-refractivity contribution is 0.223. The van der Waals surface area contributed by atoms with E-state index < -0.39 is 0 Å². The molecule has 3 rings (SSSR count). The van der Waals surface area contributed by atoms with Crippen molar-refractivity contribution in [2.75, 3.05) is 32.7 Å². The van der Waals surface area contributed by atoms with E-state index in [1.54, 1.807) is 0 Å². The zero-order chi connectivity index (χ0) is 21.3. The monoisotopic (exact) mass is 412 g/mol. The molecular weight excluding hydrogens is 368 g/mol. The van der Waals surface area contributed by atoms with Gasteiger partial charge in [-0.25, -0.2) is 4.98 Å². The molecule has 1 aromatic carbocycles. The fourth-order valence-corrected chi connectivity index (χ4v) is 4.44. The Bertz CT molecular complexity index is 731. The van der Waals surface area contributed by atoms with Crippen LogP contribution in [0.5, 0.6) is 0 Å². The molecule has 0 unspecified atom stereocenters. The van der Waals surface area contributed by atoms with Crippen molar-refractivity contribution < 1.29 is 0 Å². The largest absolute Gasteiger partial charge is 0.331 e. The summed E-state index contributed by atoms with van der Waals surface area (Å²) in [4.78, 5) is 9.94. The van der Waals surface area contributed by atoms with Crippen molar-refractivity contribution in [2.45, 2.75) is 79.3 Å². The van der Waals surface area contributed by atoms with Gasteiger partial charge in [0.1, 0.15) is 0 Å². The van der Waals surface area contributed by atoms with Gasteiger partial charge in [-0.1, -0.05) is 40.2 Å². The minimum Gasteiger partial charge on any atom is -0.331 e. The predicted octanol–water partition coefficient (Wildman–Crippen LogP) is 5.81. The highest BCUT2D eigenvalue weighted by atomic mass is 15.1. The Morgan fingerprint density at radius 1 is 0.933 bits per heavy atom. The highest BCUT2D eigenvalue weighted by Crippen LogP contribution is 2.19. The van der Waals surface area contributed by atoms with Gasteiger partial charge in [-0.05, 0) is 94.4 Å². The number of aryl methyl sites for hydroxylation is 1. The van der Waals surface area contributed by atoms with Crippen LogP contribution in [-0.2, 0) is 13.1 Å². The third-order valence-electron chi connectivity index (χ3n) is 6.46. The molecule has 1 saturated heterocycles. The zero-order valence-electron chi connectivity index (χ0n) is 19.9. The number of hydrogen-bond acceptors (Lipinski definition) is 3. The molecule has 1 fully saturated rings. The summed E-state index contributed by atoms with van der Waals surface area (Å²) in [5.74, 6) is 1.52. The van der Waals surface area contributed by atoms with Crippen LogP contribution in [0, 0.1) is 11.8 Å². The van der Waals surface area contributed by atoms with E-state index in [9.17, 15) is 0 Å². The first-order chi connectivity index (χ1) is 14.5. The van der Waals surface area contributed by atoms with Gasteiger partial charge in [0.15, 0.2) is 0 Å². The second-order valence-corrected chi connectivity index (χ2v) is 10.2. The van der Waals surface area contributed by atoms with Crippen LogP contribution in [0.3, 0.4) is 0 Å². The maximum Gasteiger partial charge on any atom is 0.0958 e. The Morgan fingerprint density at radius 3 is 2.30 bits per heavy atom. The summed E-state index contributed by atoms with van der Waals surface area (Å²) in [7, 11) is 0. The van der Waals surface area contributed by atoms with E-state index >= 15 is 0 Å². The maximum absolute atomic E-state index is 4.66. The highest BCUT2D eigenvalue weighted by molar-refractivity contribution is 5.76. The van der Waals surface area contributed by atoms with Crippen LogP contribution in [-0.4, -0.2) is 52.1 Å². The second kappa shape index (κ2) is 11.9. The number of fused-ring (bicyclic) bond motifs is 1. The maximum atomic E-state index is 4.66. The lowest BCUT2D eigenvalue weighted by Gasteiger charge is -2.26. The van der Waals surface area contributed by atoms with Crippen LogP contribution in [0.15, 0.2) is 24.5 Å². The Morgan fingerprint density at radius 2 is 1.63 bits per heavy atom. The molecule has 1 aliphatic heterocycles. The van der Waals surface area contributed by atoms with E-state index in [4.69, 9.17) is 0 Å². The molecule has 0 amide bonds. The lowest BCUT2D eigenvalue weighted by atomic mass is 10.1. The third-order valence-corrected chi connectivity index (χ3v) is 6.46. The van der Waals surface area contributed by atoms with E-state index in [1.165, 1.54) is 82.3 Å². The molecular formula is C26H44N4. The van der Waals surface area contributed by atoms with Crippen molar-refractivity contribution >= 4 is 11.0 Å². The topological polar surface area (TPSA) is 24.3 Å². The number of rotatable bonds is 12. The normalized spacial score (nSPS) is 15.8. The van der Waals surface area contributed by atoms with E-state index in [-0.39, 0.29) is 0 Å².